The summed E-state index contributed by atoms with van der Waals surface area (Å²) in [5.74, 6) is -0.984. The number of benzene rings is 2. The summed E-state index contributed by atoms with van der Waals surface area (Å²) >= 11 is 0. The molecule has 124 valence electrons. The third kappa shape index (κ3) is 2.85. The Bertz CT molecular complexity index is 788. The fourth-order valence-electron chi connectivity index (χ4n) is 3.20. The van der Waals surface area contributed by atoms with Crippen molar-refractivity contribution < 1.29 is 19.4 Å². The van der Waals surface area contributed by atoms with Crippen LogP contribution in [0, 0.1) is 6.92 Å². The Hall–Kier alpha value is -2.82. The van der Waals surface area contributed by atoms with Crippen LogP contribution in [0.15, 0.2) is 42.5 Å². The number of carbonyl (C=O) groups is 2. The number of carboxylic acids is 1. The third-order valence-corrected chi connectivity index (χ3v) is 4.34. The number of anilines is 1. The Morgan fingerprint density at radius 3 is 2.25 bits per heavy atom. The van der Waals surface area contributed by atoms with Crippen molar-refractivity contribution in [2.24, 2.45) is 0 Å². The zero-order valence-corrected chi connectivity index (χ0v) is 13.6. The van der Waals surface area contributed by atoms with Gasteiger partial charge in [0.2, 0.25) is 0 Å². The molecule has 0 atom stereocenters. The molecule has 0 spiro atoms. The van der Waals surface area contributed by atoms with E-state index in [4.69, 9.17) is 4.74 Å². The van der Waals surface area contributed by atoms with Crippen LogP contribution in [0.25, 0.3) is 0 Å². The summed E-state index contributed by atoms with van der Waals surface area (Å²) in [6.07, 6.45) is 0.762. The molecule has 24 heavy (non-hydrogen) atoms. The summed E-state index contributed by atoms with van der Waals surface area (Å²) in [6.45, 7) is 3.15. The van der Waals surface area contributed by atoms with Crippen molar-refractivity contribution in [3.8, 4) is 5.75 Å². The van der Waals surface area contributed by atoms with Crippen LogP contribution in [-0.4, -0.2) is 22.6 Å². The predicted octanol–water partition coefficient (Wildman–Crippen LogP) is 2.95. The molecule has 0 bridgehead atoms. The minimum Gasteiger partial charge on any atom is -0.479 e. The van der Waals surface area contributed by atoms with E-state index in [0.29, 0.717) is 24.3 Å². The molecule has 2 aromatic rings. The quantitative estimate of drug-likeness (QED) is 0.668. The van der Waals surface area contributed by atoms with Crippen molar-refractivity contribution in [3.05, 3.63) is 59.2 Å². The van der Waals surface area contributed by atoms with Crippen LogP contribution < -0.4 is 10.1 Å². The van der Waals surface area contributed by atoms with Crippen LogP contribution in [0.1, 0.15) is 23.6 Å². The van der Waals surface area contributed by atoms with Crippen molar-refractivity contribution in [3.63, 3.8) is 0 Å². The minimum atomic E-state index is -1.15. The summed E-state index contributed by atoms with van der Waals surface area (Å²) < 4.78 is 5.29. The number of carboxylic acid groups (broad SMARTS) is 1. The first-order valence-corrected chi connectivity index (χ1v) is 7.78. The highest BCUT2D eigenvalue weighted by Crippen LogP contribution is 2.37. The number of fused-ring (bicyclic) bond motifs is 1. The fourth-order valence-corrected chi connectivity index (χ4v) is 3.20. The second-order valence-electron chi connectivity index (χ2n) is 6.18. The first-order valence-electron chi connectivity index (χ1n) is 7.78. The Labute approximate surface area is 140 Å². The zero-order chi connectivity index (χ0) is 17.3. The number of aryl methyl sites for hydroxylation is 1. The Kier molecular flexibility index (Phi) is 4.01. The van der Waals surface area contributed by atoms with Gasteiger partial charge in [0, 0.05) is 19.8 Å². The monoisotopic (exact) mass is 325 g/mol. The van der Waals surface area contributed by atoms with Gasteiger partial charge in [0.05, 0.1) is 5.69 Å². The van der Waals surface area contributed by atoms with Gasteiger partial charge in [0.25, 0.3) is 0 Å². The lowest BCUT2D eigenvalue weighted by molar-refractivity contribution is -0.142. The van der Waals surface area contributed by atoms with Crippen molar-refractivity contribution in [1.29, 1.82) is 0 Å². The van der Waals surface area contributed by atoms with E-state index in [1.165, 1.54) is 6.92 Å². The number of hydrogen-bond donors (Lipinski definition) is 2. The summed E-state index contributed by atoms with van der Waals surface area (Å²) in [4.78, 5) is 23.4. The topological polar surface area (TPSA) is 75.6 Å². The Morgan fingerprint density at radius 2 is 1.71 bits per heavy atom. The molecule has 1 aliphatic rings. The molecule has 0 saturated heterocycles. The lowest BCUT2D eigenvalue weighted by Crippen LogP contribution is -2.47. The maximum atomic E-state index is 12.0. The van der Waals surface area contributed by atoms with Crippen LogP contribution in [0.5, 0.6) is 5.75 Å². The number of rotatable bonds is 4. The summed E-state index contributed by atoms with van der Waals surface area (Å²) in [7, 11) is 0. The van der Waals surface area contributed by atoms with Crippen molar-refractivity contribution in [2.45, 2.75) is 32.2 Å². The molecule has 0 aromatic heterocycles. The first kappa shape index (κ1) is 16.1. The number of aliphatic carboxylic acids is 1. The second-order valence-corrected chi connectivity index (χ2v) is 6.18. The number of ether oxygens (including phenoxy) is 1. The van der Waals surface area contributed by atoms with E-state index < -0.39 is 17.5 Å². The van der Waals surface area contributed by atoms with E-state index in [1.54, 1.807) is 6.07 Å². The van der Waals surface area contributed by atoms with Crippen molar-refractivity contribution in [1.82, 2.24) is 0 Å². The number of carbonyl (C=O) groups excluding carboxylic acids is 1. The largest absolute Gasteiger partial charge is 0.479 e. The molecular weight excluding hydrogens is 306 g/mol. The van der Waals surface area contributed by atoms with E-state index in [9.17, 15) is 14.7 Å². The number of esters is 1. The fraction of sp³-hybridized carbons (Fsp3) is 0.263. The molecule has 0 amide bonds. The molecule has 2 N–H and O–H groups in total. The molecule has 0 heterocycles. The van der Waals surface area contributed by atoms with Gasteiger partial charge in [0.1, 0.15) is 5.54 Å². The predicted molar refractivity (Wildman–Crippen MR) is 90.3 cm³/mol. The van der Waals surface area contributed by atoms with E-state index in [2.05, 4.69) is 5.32 Å². The van der Waals surface area contributed by atoms with Crippen LogP contribution in [0.4, 0.5) is 5.69 Å². The van der Waals surface area contributed by atoms with Crippen LogP contribution in [0.2, 0.25) is 0 Å². The van der Waals surface area contributed by atoms with Gasteiger partial charge >= 0.3 is 11.9 Å². The molecule has 0 saturated carbocycles. The first-order chi connectivity index (χ1) is 11.4. The number of nitrogens with one attached hydrogen (secondary N) is 1. The Balaban J connectivity index is 1.99. The van der Waals surface area contributed by atoms with Gasteiger partial charge < -0.3 is 15.2 Å². The molecule has 0 fully saturated rings. The molecular formula is C19H19NO4. The number of hydrogen-bond acceptors (Lipinski definition) is 4. The maximum Gasteiger partial charge on any atom is 0.330 e. The standard InChI is InChI=1S/C19H19NO4/c1-12-6-5-9-16(17(12)24-13(2)21)20-19(18(22)23)10-14-7-3-4-8-15(14)11-19/h3-9,20H,10-11H2,1-2H3,(H,22,23). The van der Waals surface area contributed by atoms with Crippen LogP contribution >= 0.6 is 0 Å². The lowest BCUT2D eigenvalue weighted by atomic mass is 9.95. The highest BCUT2D eigenvalue weighted by molar-refractivity contribution is 5.86. The molecule has 5 heteroatoms. The SMILES string of the molecule is CC(=O)Oc1c(C)cccc1NC1(C(=O)O)Cc2ccccc2C1. The summed E-state index contributed by atoms with van der Waals surface area (Å²) in [5, 5.41) is 13.0. The average molecular weight is 325 g/mol. The normalized spacial score (nSPS) is 14.8. The van der Waals surface area contributed by atoms with Crippen LogP contribution in [0.3, 0.4) is 0 Å². The Morgan fingerprint density at radius 1 is 1.08 bits per heavy atom. The van der Waals surface area contributed by atoms with Gasteiger partial charge in [-0.15, -0.1) is 0 Å². The maximum absolute atomic E-state index is 12.0. The third-order valence-electron chi connectivity index (χ3n) is 4.34. The molecule has 0 unspecified atom stereocenters. The van der Waals surface area contributed by atoms with E-state index in [1.807, 2.05) is 43.3 Å². The molecule has 0 radical (unpaired) electrons. The summed E-state index contributed by atoms with van der Waals surface area (Å²) in [5.41, 5.74) is 2.18. The van der Waals surface area contributed by atoms with Gasteiger partial charge in [-0.2, -0.15) is 0 Å². The highest BCUT2D eigenvalue weighted by atomic mass is 16.5. The van der Waals surface area contributed by atoms with Crippen molar-refractivity contribution >= 4 is 17.6 Å². The smallest absolute Gasteiger partial charge is 0.330 e. The van der Waals surface area contributed by atoms with Crippen molar-refractivity contribution in [2.75, 3.05) is 5.32 Å². The van der Waals surface area contributed by atoms with Gasteiger partial charge in [-0.25, -0.2) is 4.79 Å². The lowest BCUT2D eigenvalue weighted by Gasteiger charge is -2.28. The van der Waals surface area contributed by atoms with Gasteiger partial charge in [0.15, 0.2) is 5.75 Å². The van der Waals surface area contributed by atoms with Gasteiger partial charge in [-0.05, 0) is 29.7 Å². The highest BCUT2D eigenvalue weighted by Gasteiger charge is 2.44. The molecule has 3 rings (SSSR count). The minimum absolute atomic E-state index is 0.376. The molecule has 2 aromatic carbocycles. The molecule has 5 nitrogen and oxygen atoms in total. The van der Waals surface area contributed by atoms with Crippen LogP contribution in [-0.2, 0) is 22.4 Å². The van der Waals surface area contributed by atoms with E-state index >= 15 is 0 Å². The number of para-hydroxylation sites is 1. The molecule has 1 aliphatic carbocycles. The van der Waals surface area contributed by atoms with Gasteiger partial charge in [-0.1, -0.05) is 36.4 Å². The summed E-state index contributed by atoms with van der Waals surface area (Å²) in [6, 6.07) is 13.1. The zero-order valence-electron chi connectivity index (χ0n) is 13.6. The van der Waals surface area contributed by atoms with E-state index in [0.717, 1.165) is 16.7 Å². The average Bonchev–Trinajstić information content (AvgIpc) is 2.90. The van der Waals surface area contributed by atoms with E-state index in [-0.39, 0.29) is 0 Å². The second kappa shape index (κ2) is 6.00. The molecule has 0 aliphatic heterocycles. The van der Waals surface area contributed by atoms with Gasteiger partial charge in [-0.3, -0.25) is 4.79 Å².